The van der Waals surface area contributed by atoms with E-state index in [0.717, 1.165) is 0 Å². The SMILES string of the molecule is Oc1c2ccccc2c(O)c2c3c(c(Cl)cc12)Nc1c(c(Cl)cc2c(O)c4ccccc4c(O)c12)N3. The number of benzene rings is 6. The smallest absolute Gasteiger partial charge is 0.133 e. The molecule has 0 spiro atoms. The number of aromatic hydroxyl groups is 4. The molecule has 0 amide bonds. The van der Waals surface area contributed by atoms with Crippen LogP contribution in [0.1, 0.15) is 0 Å². The minimum atomic E-state index is -0.0209. The van der Waals surface area contributed by atoms with E-state index < -0.39 is 0 Å². The molecule has 36 heavy (non-hydrogen) atoms. The highest BCUT2D eigenvalue weighted by molar-refractivity contribution is 6.40. The maximum Gasteiger partial charge on any atom is 0.133 e. The molecule has 0 atom stereocenters. The molecule has 0 aliphatic carbocycles. The van der Waals surface area contributed by atoms with E-state index in [0.29, 0.717) is 65.8 Å². The van der Waals surface area contributed by atoms with Gasteiger partial charge in [0.2, 0.25) is 0 Å². The summed E-state index contributed by atoms with van der Waals surface area (Å²) in [5.74, 6) is -0.0522. The lowest BCUT2D eigenvalue weighted by Crippen LogP contribution is -2.09. The molecule has 8 heteroatoms. The minimum Gasteiger partial charge on any atom is -0.507 e. The molecule has 6 N–H and O–H groups in total. The lowest BCUT2D eigenvalue weighted by Gasteiger charge is -2.29. The molecule has 1 aliphatic rings. The largest absolute Gasteiger partial charge is 0.507 e. The lowest BCUT2D eigenvalue weighted by molar-refractivity contribution is 0.478. The van der Waals surface area contributed by atoms with Crippen molar-refractivity contribution in [2.24, 2.45) is 0 Å². The van der Waals surface area contributed by atoms with Crippen molar-refractivity contribution in [2.45, 2.75) is 0 Å². The van der Waals surface area contributed by atoms with Crippen molar-refractivity contribution in [3.8, 4) is 23.0 Å². The Hall–Kier alpha value is -4.26. The van der Waals surface area contributed by atoms with Gasteiger partial charge in [0.15, 0.2) is 0 Å². The Labute approximate surface area is 213 Å². The molecular weight excluding hydrogens is 499 g/mol. The predicted molar refractivity (Wildman–Crippen MR) is 146 cm³/mol. The van der Waals surface area contributed by atoms with Gasteiger partial charge in [0.25, 0.3) is 0 Å². The topological polar surface area (TPSA) is 105 Å². The van der Waals surface area contributed by atoms with Gasteiger partial charge >= 0.3 is 0 Å². The molecule has 0 unspecified atom stereocenters. The average molecular weight is 515 g/mol. The number of hydrogen-bond acceptors (Lipinski definition) is 6. The van der Waals surface area contributed by atoms with Gasteiger partial charge in [-0.05, 0) is 12.1 Å². The second-order valence-electron chi connectivity index (χ2n) is 8.80. The number of phenolic OH excluding ortho intramolecular Hbond substituents is 4. The zero-order chi connectivity index (χ0) is 24.9. The van der Waals surface area contributed by atoms with Gasteiger partial charge in [-0.2, -0.15) is 0 Å². The molecule has 7 rings (SSSR count). The molecule has 0 radical (unpaired) electrons. The second-order valence-corrected chi connectivity index (χ2v) is 9.61. The fourth-order valence-electron chi connectivity index (χ4n) is 5.26. The van der Waals surface area contributed by atoms with Crippen LogP contribution in [-0.4, -0.2) is 20.4 Å². The van der Waals surface area contributed by atoms with E-state index in [2.05, 4.69) is 10.6 Å². The van der Waals surface area contributed by atoms with Crippen molar-refractivity contribution in [3.63, 3.8) is 0 Å². The number of fused-ring (bicyclic) bond motifs is 8. The molecule has 6 aromatic rings. The number of hydrogen-bond donors (Lipinski definition) is 6. The first kappa shape index (κ1) is 21.1. The van der Waals surface area contributed by atoms with Gasteiger partial charge < -0.3 is 31.1 Å². The first-order valence-corrected chi connectivity index (χ1v) is 11.8. The summed E-state index contributed by atoms with van der Waals surface area (Å²) < 4.78 is 0. The number of halogens is 2. The number of nitrogens with one attached hydrogen (secondary N) is 2. The van der Waals surface area contributed by atoms with E-state index >= 15 is 0 Å². The number of anilines is 4. The van der Waals surface area contributed by atoms with Crippen LogP contribution in [0.4, 0.5) is 22.7 Å². The zero-order valence-corrected chi connectivity index (χ0v) is 19.8. The highest BCUT2D eigenvalue weighted by Gasteiger charge is 2.29. The zero-order valence-electron chi connectivity index (χ0n) is 18.3. The summed E-state index contributed by atoms with van der Waals surface area (Å²) in [6, 6.07) is 17.2. The molecule has 0 saturated heterocycles. The van der Waals surface area contributed by atoms with Crippen molar-refractivity contribution >= 4 is 89.0 Å². The Balaban J connectivity index is 1.59. The van der Waals surface area contributed by atoms with Crippen molar-refractivity contribution in [2.75, 3.05) is 10.6 Å². The maximum absolute atomic E-state index is 11.2. The van der Waals surface area contributed by atoms with Crippen LogP contribution < -0.4 is 10.6 Å². The third-order valence-electron chi connectivity index (χ3n) is 6.92. The average Bonchev–Trinajstić information content (AvgIpc) is 2.89. The van der Waals surface area contributed by atoms with Crippen LogP contribution in [0.5, 0.6) is 23.0 Å². The van der Waals surface area contributed by atoms with E-state index in [1.807, 2.05) is 0 Å². The van der Waals surface area contributed by atoms with E-state index in [4.69, 9.17) is 23.2 Å². The quantitative estimate of drug-likeness (QED) is 0.0898. The normalized spacial score (nSPS) is 12.5. The number of rotatable bonds is 0. The molecule has 6 aromatic carbocycles. The highest BCUT2D eigenvalue weighted by Crippen LogP contribution is 2.57. The van der Waals surface area contributed by atoms with Gasteiger partial charge in [-0.3, -0.25) is 0 Å². The second kappa shape index (κ2) is 7.13. The molecule has 176 valence electrons. The van der Waals surface area contributed by atoms with Crippen molar-refractivity contribution in [1.29, 1.82) is 0 Å². The summed E-state index contributed by atoms with van der Waals surface area (Å²) >= 11 is 13.4. The summed E-state index contributed by atoms with van der Waals surface area (Å²) in [6.07, 6.45) is 0. The number of phenols is 4. The maximum atomic E-state index is 11.2. The molecule has 1 aliphatic heterocycles. The molecule has 0 saturated carbocycles. The van der Waals surface area contributed by atoms with Crippen LogP contribution >= 0.6 is 23.2 Å². The Kier molecular flexibility index (Phi) is 4.17. The van der Waals surface area contributed by atoms with Crippen molar-refractivity contribution in [3.05, 3.63) is 70.7 Å². The molecule has 0 bridgehead atoms. The fraction of sp³-hybridized carbons (Fsp3) is 0. The monoisotopic (exact) mass is 514 g/mol. The highest BCUT2D eigenvalue weighted by atomic mass is 35.5. The van der Waals surface area contributed by atoms with Gasteiger partial charge in [0.1, 0.15) is 23.0 Å². The van der Waals surface area contributed by atoms with Gasteiger partial charge in [-0.25, -0.2) is 0 Å². The van der Waals surface area contributed by atoms with Crippen molar-refractivity contribution in [1.82, 2.24) is 0 Å². The summed E-state index contributed by atoms with van der Waals surface area (Å²) in [6.45, 7) is 0. The molecule has 0 fully saturated rings. The molecule has 6 nitrogen and oxygen atoms in total. The Bertz CT molecular complexity index is 1830. The molecule has 0 aromatic heterocycles. The van der Waals surface area contributed by atoms with Crippen LogP contribution in [-0.2, 0) is 0 Å². The Morgan fingerprint density at radius 1 is 0.444 bits per heavy atom. The molecule has 1 heterocycles. The van der Waals surface area contributed by atoms with Crippen LogP contribution in [0.25, 0.3) is 43.1 Å². The summed E-state index contributed by atoms with van der Waals surface area (Å²) in [7, 11) is 0. The van der Waals surface area contributed by atoms with Gasteiger partial charge in [-0.1, -0.05) is 71.7 Å². The fourth-order valence-corrected chi connectivity index (χ4v) is 5.76. The summed E-state index contributed by atoms with van der Waals surface area (Å²) in [4.78, 5) is 0. The summed E-state index contributed by atoms with van der Waals surface area (Å²) in [5.41, 5.74) is 1.71. The lowest BCUT2D eigenvalue weighted by atomic mass is 9.95. The first-order valence-electron chi connectivity index (χ1n) is 11.1. The van der Waals surface area contributed by atoms with Crippen LogP contribution in [0, 0.1) is 0 Å². The molecular formula is C28H16Cl2N2O4. The van der Waals surface area contributed by atoms with E-state index in [1.165, 1.54) is 0 Å². The third-order valence-corrected chi connectivity index (χ3v) is 7.51. The Morgan fingerprint density at radius 2 is 0.778 bits per heavy atom. The van der Waals surface area contributed by atoms with Gasteiger partial charge in [0.05, 0.1) is 43.6 Å². The van der Waals surface area contributed by atoms with Crippen LogP contribution in [0.2, 0.25) is 10.0 Å². The van der Waals surface area contributed by atoms with E-state index in [1.54, 1.807) is 60.7 Å². The van der Waals surface area contributed by atoms with Gasteiger partial charge in [-0.15, -0.1) is 0 Å². The summed E-state index contributed by atoms with van der Waals surface area (Å²) in [5, 5.41) is 55.0. The van der Waals surface area contributed by atoms with Crippen molar-refractivity contribution < 1.29 is 20.4 Å². The Morgan fingerprint density at radius 3 is 1.14 bits per heavy atom. The van der Waals surface area contributed by atoms with E-state index in [9.17, 15) is 20.4 Å². The van der Waals surface area contributed by atoms with Gasteiger partial charge in [0, 0.05) is 32.3 Å². The van der Waals surface area contributed by atoms with Crippen LogP contribution in [0.15, 0.2) is 60.7 Å². The van der Waals surface area contributed by atoms with E-state index in [-0.39, 0.29) is 33.0 Å². The first-order chi connectivity index (χ1) is 17.4. The third kappa shape index (κ3) is 2.57. The predicted octanol–water partition coefficient (Wildman–Crippen LogP) is 8.23. The minimum absolute atomic E-state index is 0.00524. The standard InChI is InChI=1S/C28H16Cl2N2O4/c29-17-9-15-19(27(35)13-7-3-1-5-11(13)25(15)33)23-21(17)32-24-20-16(10-18(30)22(24)31-23)26(34)12-6-2-4-8-14(12)28(20)36/h1-10,31-36H. The van der Waals surface area contributed by atoms with Crippen LogP contribution in [0.3, 0.4) is 0 Å².